The number of rotatable bonds is 5. The third-order valence-corrected chi connectivity index (χ3v) is 6.82. The van der Waals surface area contributed by atoms with Crippen LogP contribution in [-0.4, -0.2) is 0 Å². The third kappa shape index (κ3) is 4.21. The van der Waals surface area contributed by atoms with Gasteiger partial charge in [0.2, 0.25) is 0 Å². The van der Waals surface area contributed by atoms with Crippen molar-refractivity contribution in [2.75, 3.05) is 4.90 Å². The van der Waals surface area contributed by atoms with E-state index in [1.807, 2.05) is 0 Å². The van der Waals surface area contributed by atoms with E-state index in [0.29, 0.717) is 4.90 Å². The van der Waals surface area contributed by atoms with E-state index in [1.54, 1.807) is 0 Å². The van der Waals surface area contributed by atoms with Crippen LogP contribution in [0, 0.1) is 0 Å². The van der Waals surface area contributed by atoms with Gasteiger partial charge in [-0.3, -0.25) is 0 Å². The van der Waals surface area contributed by atoms with Gasteiger partial charge in [-0.05, 0) is 64.6 Å². The van der Waals surface area contributed by atoms with E-state index in [2.05, 4.69) is 0 Å². The van der Waals surface area contributed by atoms with Crippen LogP contribution in [0.25, 0.3) is 66.1 Å². The minimum absolute atomic E-state index is 0.346. The number of hydrogen-bond donors (Lipinski definition) is 0. The van der Waals surface area contributed by atoms with Crippen LogP contribution in [0.3, 0.4) is 0 Å². The molecule has 212 valence electrons. The maximum Gasteiger partial charge on any atom is 0.160 e. The molecule has 0 saturated carbocycles. The lowest BCUT2D eigenvalue weighted by Crippen LogP contribution is -2.10. The highest BCUT2D eigenvalue weighted by atomic mass is 16.3. The normalized spacial score (nSPS) is 19.6. The first-order chi connectivity index (χ1) is 33.1. The molecular weight excluding hydrogens is 550 g/mol. The first-order valence-corrected chi connectivity index (χ1v) is 13.1. The molecule has 0 spiro atoms. The summed E-state index contributed by atoms with van der Waals surface area (Å²) in [6, 6.07) is -23.2. The number of fused-ring (bicyclic) bond motifs is 6. The van der Waals surface area contributed by atoms with Crippen LogP contribution < -0.4 is 4.90 Å². The van der Waals surface area contributed by atoms with Crippen LogP contribution in [0.5, 0.6) is 0 Å². The first-order valence-electron chi connectivity index (χ1n) is 26.1. The molecule has 0 N–H and O–H groups in total. The second-order valence-corrected chi connectivity index (χ2v) is 9.35. The number of hydrogen-bond acceptors (Lipinski definition) is 3. The number of furan rings is 2. The molecule has 2 aromatic heterocycles. The average molecular weight is 604 g/mol. The Labute approximate surface area is 296 Å². The maximum atomic E-state index is 9.61. The van der Waals surface area contributed by atoms with Gasteiger partial charge >= 0.3 is 0 Å². The Kier molecular flexibility index (Phi) is 2.41. The lowest BCUT2D eigenvalue weighted by molar-refractivity contribution is 0.664. The number of anilines is 3. The van der Waals surface area contributed by atoms with E-state index in [4.69, 9.17) is 32.1 Å². The van der Waals surface area contributed by atoms with Crippen molar-refractivity contribution in [2.24, 2.45) is 0 Å². The topological polar surface area (TPSA) is 29.5 Å². The van der Waals surface area contributed by atoms with Crippen molar-refractivity contribution in [3.05, 3.63) is 163 Å². The molecule has 0 fully saturated rings. The van der Waals surface area contributed by atoms with Crippen LogP contribution in [0.4, 0.5) is 17.1 Å². The lowest BCUT2D eigenvalue weighted by Gasteiger charge is -2.27. The first kappa shape index (κ1) is 10.5. The Hall–Kier alpha value is -6.06. The molecule has 7 aromatic carbocycles. The molecule has 0 unspecified atom stereocenters. The molecule has 0 atom stereocenters. The van der Waals surface area contributed by atoms with Gasteiger partial charge in [-0.15, -0.1) is 0 Å². The molecule has 0 saturated heterocycles. The zero-order chi connectivity index (χ0) is 52.4. The summed E-state index contributed by atoms with van der Waals surface area (Å²) in [4.78, 5) is 0.564. The summed E-state index contributed by atoms with van der Waals surface area (Å²) in [7, 11) is 0. The fourth-order valence-corrected chi connectivity index (χ4v) is 4.91. The molecule has 2 heterocycles. The monoisotopic (exact) mass is 603 g/mol. The van der Waals surface area contributed by atoms with E-state index < -0.39 is 229 Å². The van der Waals surface area contributed by atoms with E-state index >= 15 is 0 Å². The van der Waals surface area contributed by atoms with Crippen molar-refractivity contribution in [3.63, 3.8) is 0 Å². The fraction of sp³-hybridized carbons (Fsp3) is 0. The van der Waals surface area contributed by atoms with Gasteiger partial charge in [0.05, 0.1) is 41.0 Å². The third-order valence-electron chi connectivity index (χ3n) is 6.82. The molecule has 0 aliphatic rings. The zero-order valence-corrected chi connectivity index (χ0v) is 22.3. The van der Waals surface area contributed by atoms with Crippen molar-refractivity contribution in [1.82, 2.24) is 0 Å². The second-order valence-electron chi connectivity index (χ2n) is 9.35. The summed E-state index contributed by atoms with van der Waals surface area (Å²) in [5, 5.41) is -1.93. The number of nitrogens with zero attached hydrogens (tertiary/aromatic N) is 1. The minimum Gasteiger partial charge on any atom is -0.456 e. The molecule has 0 amide bonds. The van der Waals surface area contributed by atoms with Crippen molar-refractivity contribution in [2.45, 2.75) is 0 Å². The smallest absolute Gasteiger partial charge is 0.160 e. The Morgan fingerprint density at radius 2 is 0.956 bits per heavy atom. The fourth-order valence-electron chi connectivity index (χ4n) is 4.91. The Morgan fingerprint density at radius 3 is 1.60 bits per heavy atom. The molecule has 9 aromatic rings. The van der Waals surface area contributed by atoms with E-state index in [-0.39, 0.29) is 11.0 Å². The molecular formula is C42H27NO2. The number of para-hydroxylation sites is 2. The highest BCUT2D eigenvalue weighted by molar-refractivity contribution is 6.24. The van der Waals surface area contributed by atoms with Crippen molar-refractivity contribution >= 4 is 60.9 Å². The largest absolute Gasteiger partial charge is 0.456 e. The Bertz CT molecular complexity index is 3720. The predicted molar refractivity (Wildman–Crippen MR) is 187 cm³/mol. The summed E-state index contributed by atoms with van der Waals surface area (Å²) >= 11 is 0. The average Bonchev–Trinajstić information content (AvgIpc) is 3.93. The van der Waals surface area contributed by atoms with Crippen LogP contribution in [-0.2, 0) is 0 Å². The summed E-state index contributed by atoms with van der Waals surface area (Å²) in [6.07, 6.45) is 0. The van der Waals surface area contributed by atoms with Gasteiger partial charge in [-0.2, -0.15) is 0 Å². The number of benzene rings is 7. The lowest BCUT2D eigenvalue weighted by atomic mass is 10.0. The zero-order valence-electron chi connectivity index (χ0n) is 48.3. The van der Waals surface area contributed by atoms with E-state index in [1.165, 1.54) is 0 Å². The van der Waals surface area contributed by atoms with Gasteiger partial charge in [-0.1, -0.05) is 121 Å². The van der Waals surface area contributed by atoms with Gasteiger partial charge in [0.25, 0.3) is 0 Å². The van der Waals surface area contributed by atoms with Crippen molar-refractivity contribution in [1.29, 1.82) is 0 Å². The summed E-state index contributed by atoms with van der Waals surface area (Å²) in [5.74, 6) is 0. The summed E-state index contributed by atoms with van der Waals surface area (Å²) in [5.41, 5.74) is -8.37. The Morgan fingerprint density at radius 1 is 0.422 bits per heavy atom. The highest BCUT2D eigenvalue weighted by Crippen LogP contribution is 2.49. The maximum absolute atomic E-state index is 9.61. The molecule has 0 radical (unpaired) electrons. The summed E-state index contributed by atoms with van der Waals surface area (Å²) < 4.78 is 242. The van der Waals surface area contributed by atoms with Crippen molar-refractivity contribution in [3.8, 4) is 22.3 Å². The Balaban J connectivity index is 1.58. The van der Waals surface area contributed by atoms with Crippen molar-refractivity contribution < 1.29 is 44.5 Å². The van der Waals surface area contributed by atoms with E-state index in [9.17, 15) is 12.3 Å². The predicted octanol–water partition coefficient (Wildman–Crippen LogP) is 12.3. The highest BCUT2D eigenvalue weighted by Gasteiger charge is 2.26. The molecule has 3 nitrogen and oxygen atoms in total. The van der Waals surface area contributed by atoms with Crippen LogP contribution in [0.2, 0.25) is 0 Å². The molecule has 0 aliphatic carbocycles. The van der Waals surface area contributed by atoms with Gasteiger partial charge in [-0.25, -0.2) is 0 Å². The molecule has 0 bridgehead atoms. The molecule has 9 rings (SSSR count). The van der Waals surface area contributed by atoms with E-state index in [0.717, 1.165) is 6.07 Å². The molecule has 45 heavy (non-hydrogen) atoms. The van der Waals surface area contributed by atoms with Crippen LogP contribution in [0.15, 0.2) is 172 Å². The van der Waals surface area contributed by atoms with Gasteiger partial charge in [0, 0.05) is 27.5 Å². The van der Waals surface area contributed by atoms with Gasteiger partial charge < -0.3 is 13.7 Å². The minimum atomic E-state index is -1.18. The quantitative estimate of drug-likeness (QED) is 0.196. The van der Waals surface area contributed by atoms with Gasteiger partial charge in [0.1, 0.15) is 22.4 Å². The second kappa shape index (κ2) is 10.3. The SMILES string of the molecule is [2H]c1cc2oc3c(N(c4c([2H])c([2H])c(-c5c([2H])c([2H])c([2H])c([2H])c5[2H])c([2H])c4[2H])c4c([2H])c([2H])c(-c5c([2H])c([2H])c([2H])c([2H])c5[2H])c([2H])c4[2H])c4c(oc5c([2H])c([2H])c([2H])c([2H])c54)c([2H])c3c2c([2H])c1[2H]. The van der Waals surface area contributed by atoms with Crippen LogP contribution in [0.1, 0.15) is 35.6 Å². The standard InChI is InChI=1S/C42H27NO2/c1-3-11-28(12-4-1)30-19-23-32(24-20-30)43(33-25-21-31(22-26-33)29-13-5-2-6-14-29)41-40-35-16-8-10-18-38(35)44-39(40)27-36-34-15-7-9-17-37(34)45-42(36)41/h1-27H/i1D,2D,3D,4D,5D,6D,7D,8D,9D,10D,11D,12D,13D,14D,15D,16D,18D,19D,20D,21D,22D,23D,24D,25D,26D,27D. The molecule has 0 aliphatic heterocycles. The van der Waals surface area contributed by atoms with Gasteiger partial charge in [0.15, 0.2) is 5.58 Å². The summed E-state index contributed by atoms with van der Waals surface area (Å²) in [6.45, 7) is 0. The van der Waals surface area contributed by atoms with Crippen LogP contribution >= 0.6 is 0 Å². The molecule has 3 heteroatoms.